The molecule has 0 saturated carbocycles. The first-order chi connectivity index (χ1) is 13.3. The summed E-state index contributed by atoms with van der Waals surface area (Å²) in [5, 5.41) is 2.88. The average Bonchev–Trinajstić information content (AvgIpc) is 3.23. The van der Waals surface area contributed by atoms with Gasteiger partial charge in [-0.1, -0.05) is 18.2 Å². The van der Waals surface area contributed by atoms with E-state index < -0.39 is 0 Å². The van der Waals surface area contributed by atoms with Crippen LogP contribution in [0, 0.1) is 0 Å². The van der Waals surface area contributed by atoms with E-state index in [1.54, 1.807) is 37.1 Å². The Morgan fingerprint density at radius 1 is 1.15 bits per heavy atom. The van der Waals surface area contributed by atoms with E-state index in [2.05, 4.69) is 15.3 Å². The summed E-state index contributed by atoms with van der Waals surface area (Å²) in [6, 6.07) is 11.5. The summed E-state index contributed by atoms with van der Waals surface area (Å²) in [6.45, 7) is 1.94. The number of pyridine rings is 1. The van der Waals surface area contributed by atoms with Gasteiger partial charge in [0.1, 0.15) is 12.4 Å². The van der Waals surface area contributed by atoms with Crippen LogP contribution in [0.3, 0.4) is 0 Å². The molecular formula is C21H22N4O2. The molecule has 0 unspecified atom stereocenters. The van der Waals surface area contributed by atoms with Crippen LogP contribution in [0.2, 0.25) is 0 Å². The molecule has 0 radical (unpaired) electrons. The van der Waals surface area contributed by atoms with Crippen molar-refractivity contribution >= 4 is 12.0 Å². The molecule has 0 aliphatic heterocycles. The molecule has 138 valence electrons. The number of hydrogen-bond acceptors (Lipinski definition) is 4. The van der Waals surface area contributed by atoms with Gasteiger partial charge in [0.15, 0.2) is 0 Å². The first-order valence-electron chi connectivity index (χ1n) is 8.83. The Kier molecular flexibility index (Phi) is 6.75. The van der Waals surface area contributed by atoms with Crippen molar-refractivity contribution in [1.82, 2.24) is 19.9 Å². The van der Waals surface area contributed by atoms with Crippen molar-refractivity contribution in [3.8, 4) is 5.75 Å². The molecule has 27 heavy (non-hydrogen) atoms. The lowest BCUT2D eigenvalue weighted by Crippen LogP contribution is -2.22. The Hall–Kier alpha value is -3.41. The fraction of sp³-hybridized carbons (Fsp3) is 0.190. The van der Waals surface area contributed by atoms with Gasteiger partial charge in [0.05, 0.1) is 6.33 Å². The second-order valence-corrected chi connectivity index (χ2v) is 6.00. The van der Waals surface area contributed by atoms with Gasteiger partial charge in [0, 0.05) is 49.5 Å². The second kappa shape index (κ2) is 9.91. The minimum absolute atomic E-state index is 0.0995. The highest BCUT2D eigenvalue weighted by Crippen LogP contribution is 2.14. The van der Waals surface area contributed by atoms with E-state index in [1.807, 2.05) is 47.2 Å². The molecule has 1 N–H and O–H groups in total. The zero-order valence-electron chi connectivity index (χ0n) is 15.0. The molecule has 2 aromatic heterocycles. The summed E-state index contributed by atoms with van der Waals surface area (Å²) in [5.41, 5.74) is 1.96. The molecular weight excluding hydrogens is 340 g/mol. The summed E-state index contributed by atoms with van der Waals surface area (Å²) in [6.07, 6.45) is 13.1. The molecule has 1 amide bonds. The molecule has 3 aromatic rings. The molecule has 2 heterocycles. The van der Waals surface area contributed by atoms with E-state index in [0.29, 0.717) is 13.2 Å². The number of carbonyl (C=O) groups is 1. The van der Waals surface area contributed by atoms with Crippen molar-refractivity contribution < 1.29 is 9.53 Å². The second-order valence-electron chi connectivity index (χ2n) is 6.00. The Bertz CT molecular complexity index is 844. The Morgan fingerprint density at radius 3 is 2.78 bits per heavy atom. The number of rotatable bonds is 9. The lowest BCUT2D eigenvalue weighted by molar-refractivity contribution is -0.116. The van der Waals surface area contributed by atoms with Crippen molar-refractivity contribution in [3.63, 3.8) is 0 Å². The smallest absolute Gasteiger partial charge is 0.244 e. The van der Waals surface area contributed by atoms with Gasteiger partial charge in [-0.05, 0) is 36.3 Å². The van der Waals surface area contributed by atoms with Crippen molar-refractivity contribution in [2.45, 2.75) is 19.6 Å². The molecule has 0 aliphatic rings. The highest BCUT2D eigenvalue weighted by molar-refractivity contribution is 5.91. The van der Waals surface area contributed by atoms with Crippen LogP contribution in [-0.4, -0.2) is 27.0 Å². The molecule has 3 rings (SSSR count). The predicted octanol–water partition coefficient (Wildman–Crippen LogP) is 3.08. The number of nitrogens with zero attached hydrogens (tertiary/aromatic N) is 3. The molecule has 0 aliphatic carbocycles. The largest absolute Gasteiger partial charge is 0.489 e. The first kappa shape index (κ1) is 18.4. The van der Waals surface area contributed by atoms with E-state index in [4.69, 9.17) is 4.74 Å². The fourth-order valence-corrected chi connectivity index (χ4v) is 2.45. The van der Waals surface area contributed by atoms with Crippen LogP contribution in [0.25, 0.3) is 6.08 Å². The van der Waals surface area contributed by atoms with Crippen LogP contribution in [0.4, 0.5) is 0 Å². The fourth-order valence-electron chi connectivity index (χ4n) is 2.45. The van der Waals surface area contributed by atoms with E-state index in [-0.39, 0.29) is 5.91 Å². The van der Waals surface area contributed by atoms with Gasteiger partial charge < -0.3 is 14.6 Å². The molecule has 6 heteroatoms. The summed E-state index contributed by atoms with van der Waals surface area (Å²) in [5.74, 6) is 0.678. The number of hydrogen-bond donors (Lipinski definition) is 1. The third kappa shape index (κ3) is 6.43. The maximum atomic E-state index is 11.9. The van der Waals surface area contributed by atoms with E-state index in [0.717, 1.165) is 29.8 Å². The van der Waals surface area contributed by atoms with E-state index in [9.17, 15) is 4.79 Å². The van der Waals surface area contributed by atoms with Crippen molar-refractivity contribution in [1.29, 1.82) is 0 Å². The number of ether oxygens (including phenoxy) is 1. The Labute approximate surface area is 158 Å². The number of aromatic nitrogens is 3. The molecule has 0 bridgehead atoms. The molecule has 1 aromatic carbocycles. The number of benzene rings is 1. The molecule has 0 saturated heterocycles. The third-order valence-electron chi connectivity index (χ3n) is 3.89. The lowest BCUT2D eigenvalue weighted by atomic mass is 10.2. The van der Waals surface area contributed by atoms with Crippen LogP contribution in [0.15, 0.2) is 73.6 Å². The number of aryl methyl sites for hydroxylation is 1. The minimum atomic E-state index is -0.0995. The molecule has 0 atom stereocenters. The maximum absolute atomic E-state index is 11.9. The monoisotopic (exact) mass is 362 g/mol. The highest BCUT2D eigenvalue weighted by Gasteiger charge is 1.98. The van der Waals surface area contributed by atoms with Crippen molar-refractivity contribution in [2.24, 2.45) is 0 Å². The summed E-state index contributed by atoms with van der Waals surface area (Å²) in [7, 11) is 0. The molecule has 0 spiro atoms. The van der Waals surface area contributed by atoms with Crippen LogP contribution >= 0.6 is 0 Å². The minimum Gasteiger partial charge on any atom is -0.489 e. The normalized spacial score (nSPS) is 10.8. The zero-order chi connectivity index (χ0) is 18.7. The van der Waals surface area contributed by atoms with Gasteiger partial charge in [-0.2, -0.15) is 0 Å². The standard InChI is InChI=1S/C21H22N4O2/c26-21(24-11-2-13-25-14-12-23-17-25)9-6-18-4-7-20(8-5-18)27-16-19-3-1-10-22-15-19/h1,3-10,12,14-15,17H,2,11,13,16H2,(H,24,26)/b9-6+. The highest BCUT2D eigenvalue weighted by atomic mass is 16.5. The number of nitrogens with one attached hydrogen (secondary N) is 1. The summed E-state index contributed by atoms with van der Waals surface area (Å²) >= 11 is 0. The van der Waals surface area contributed by atoms with E-state index in [1.165, 1.54) is 0 Å². The lowest BCUT2D eigenvalue weighted by Gasteiger charge is -2.06. The van der Waals surface area contributed by atoms with Crippen LogP contribution < -0.4 is 10.1 Å². The van der Waals surface area contributed by atoms with Gasteiger partial charge in [0.25, 0.3) is 0 Å². The van der Waals surface area contributed by atoms with Gasteiger partial charge in [-0.15, -0.1) is 0 Å². The molecule has 6 nitrogen and oxygen atoms in total. The quantitative estimate of drug-likeness (QED) is 0.469. The Morgan fingerprint density at radius 2 is 2.04 bits per heavy atom. The van der Waals surface area contributed by atoms with Gasteiger partial charge >= 0.3 is 0 Å². The average molecular weight is 362 g/mol. The first-order valence-corrected chi connectivity index (χ1v) is 8.83. The van der Waals surface area contributed by atoms with Crippen LogP contribution in [0.1, 0.15) is 17.5 Å². The van der Waals surface area contributed by atoms with Gasteiger partial charge in [0.2, 0.25) is 5.91 Å². The van der Waals surface area contributed by atoms with Crippen molar-refractivity contribution in [2.75, 3.05) is 6.54 Å². The number of imidazole rings is 1. The Balaban J connectivity index is 1.38. The van der Waals surface area contributed by atoms with Crippen LogP contribution in [0.5, 0.6) is 5.75 Å². The van der Waals surface area contributed by atoms with Gasteiger partial charge in [-0.3, -0.25) is 9.78 Å². The predicted molar refractivity (Wildman–Crippen MR) is 104 cm³/mol. The van der Waals surface area contributed by atoms with Crippen molar-refractivity contribution in [3.05, 3.63) is 84.7 Å². The number of amides is 1. The molecule has 0 fully saturated rings. The van der Waals surface area contributed by atoms with E-state index >= 15 is 0 Å². The topological polar surface area (TPSA) is 69.0 Å². The van der Waals surface area contributed by atoms with Crippen LogP contribution in [-0.2, 0) is 17.9 Å². The zero-order valence-corrected chi connectivity index (χ0v) is 15.0. The SMILES string of the molecule is O=C(/C=C/c1ccc(OCc2cccnc2)cc1)NCCCn1ccnc1. The summed E-state index contributed by atoms with van der Waals surface area (Å²) in [4.78, 5) is 19.9. The third-order valence-corrected chi connectivity index (χ3v) is 3.89. The van der Waals surface area contributed by atoms with Gasteiger partial charge in [-0.25, -0.2) is 4.98 Å². The summed E-state index contributed by atoms with van der Waals surface area (Å²) < 4.78 is 7.70. The number of carbonyl (C=O) groups excluding carboxylic acids is 1. The maximum Gasteiger partial charge on any atom is 0.244 e.